The zero-order valence-electron chi connectivity index (χ0n) is 18.4. The third-order valence-electron chi connectivity index (χ3n) is 6.35. The molecule has 1 atom stereocenters. The number of hydrazine groups is 1. The molecule has 2 heterocycles. The lowest BCUT2D eigenvalue weighted by Gasteiger charge is -2.48. The maximum absolute atomic E-state index is 14.2. The number of amides is 1. The number of benzene rings is 2. The smallest absolute Gasteiger partial charge is 0.271 e. The van der Waals surface area contributed by atoms with Crippen LogP contribution in [0.25, 0.3) is 0 Å². The summed E-state index contributed by atoms with van der Waals surface area (Å²) in [5.41, 5.74) is 1.70. The van der Waals surface area contributed by atoms with Crippen molar-refractivity contribution >= 4 is 49.7 Å². The Bertz CT molecular complexity index is 1290. The Morgan fingerprint density at radius 3 is 2.82 bits per heavy atom. The SMILES string of the molecule is C=C(Nc1ccc(Br)c(C#N)c1)C1=C(C=O)C2(C)CCCN2N(Cc2cccc(F)c2Br)C1=O. The van der Waals surface area contributed by atoms with Gasteiger partial charge >= 0.3 is 0 Å². The number of carbonyl (C=O) groups is 2. The minimum Gasteiger partial charge on any atom is -0.355 e. The molecule has 0 saturated carbocycles. The van der Waals surface area contributed by atoms with Crippen molar-refractivity contribution in [1.29, 1.82) is 5.26 Å². The summed E-state index contributed by atoms with van der Waals surface area (Å²) in [6.45, 7) is 6.72. The molecule has 1 amide bonds. The van der Waals surface area contributed by atoms with Gasteiger partial charge in [0.05, 0.1) is 27.7 Å². The van der Waals surface area contributed by atoms with E-state index in [1.165, 1.54) is 6.07 Å². The van der Waals surface area contributed by atoms with Crippen LogP contribution < -0.4 is 5.32 Å². The van der Waals surface area contributed by atoms with Crippen molar-refractivity contribution in [3.8, 4) is 6.07 Å². The summed E-state index contributed by atoms with van der Waals surface area (Å²) < 4.78 is 15.1. The quantitative estimate of drug-likeness (QED) is 0.455. The van der Waals surface area contributed by atoms with E-state index in [0.717, 1.165) is 12.7 Å². The highest BCUT2D eigenvalue weighted by Gasteiger charge is 2.51. The lowest BCUT2D eigenvalue weighted by molar-refractivity contribution is -0.156. The molecule has 2 aliphatic rings. The summed E-state index contributed by atoms with van der Waals surface area (Å²) in [5, 5.41) is 15.9. The fourth-order valence-electron chi connectivity index (χ4n) is 4.62. The Kier molecular flexibility index (Phi) is 6.76. The van der Waals surface area contributed by atoms with Gasteiger partial charge in [-0.25, -0.2) is 9.40 Å². The molecular formula is C25H21Br2FN4O2. The van der Waals surface area contributed by atoms with Gasteiger partial charge in [0.1, 0.15) is 18.2 Å². The van der Waals surface area contributed by atoms with Gasteiger partial charge in [0, 0.05) is 28.0 Å². The first-order valence-electron chi connectivity index (χ1n) is 10.6. The van der Waals surface area contributed by atoms with Crippen molar-refractivity contribution in [3.05, 3.63) is 85.7 Å². The average Bonchev–Trinajstić information content (AvgIpc) is 3.21. The molecule has 6 nitrogen and oxygen atoms in total. The number of carbonyl (C=O) groups excluding carboxylic acids is 2. The molecule has 9 heteroatoms. The number of nitriles is 1. The number of aldehydes is 1. The monoisotopic (exact) mass is 586 g/mol. The van der Waals surface area contributed by atoms with Crippen LogP contribution in [0, 0.1) is 17.1 Å². The third-order valence-corrected chi connectivity index (χ3v) is 7.93. The number of rotatable bonds is 6. The van der Waals surface area contributed by atoms with Gasteiger partial charge in [0.2, 0.25) is 0 Å². The van der Waals surface area contributed by atoms with E-state index in [-0.39, 0.29) is 17.8 Å². The lowest BCUT2D eigenvalue weighted by atomic mass is 9.83. The van der Waals surface area contributed by atoms with Crippen molar-refractivity contribution in [2.75, 3.05) is 11.9 Å². The van der Waals surface area contributed by atoms with E-state index in [1.54, 1.807) is 35.3 Å². The van der Waals surface area contributed by atoms with E-state index in [4.69, 9.17) is 0 Å². The summed E-state index contributed by atoms with van der Waals surface area (Å²) in [6.07, 6.45) is 2.21. The molecule has 174 valence electrons. The molecule has 0 bridgehead atoms. The molecule has 1 saturated heterocycles. The van der Waals surface area contributed by atoms with Gasteiger partial charge in [0.25, 0.3) is 5.91 Å². The Morgan fingerprint density at radius 1 is 1.35 bits per heavy atom. The normalized spacial score (nSPS) is 20.2. The number of nitrogens with one attached hydrogen (secondary N) is 1. The number of hydrogen-bond donors (Lipinski definition) is 1. The van der Waals surface area contributed by atoms with Crippen LogP contribution in [-0.2, 0) is 16.1 Å². The van der Waals surface area contributed by atoms with Gasteiger partial charge in [-0.2, -0.15) is 5.26 Å². The van der Waals surface area contributed by atoms with Crippen molar-refractivity contribution in [2.24, 2.45) is 0 Å². The average molecular weight is 588 g/mol. The molecule has 1 N–H and O–H groups in total. The first-order chi connectivity index (χ1) is 16.2. The molecular weight excluding hydrogens is 567 g/mol. The van der Waals surface area contributed by atoms with E-state index in [2.05, 4.69) is 49.8 Å². The van der Waals surface area contributed by atoms with Gasteiger partial charge in [-0.1, -0.05) is 18.7 Å². The van der Waals surface area contributed by atoms with Crippen molar-refractivity contribution in [2.45, 2.75) is 31.8 Å². The molecule has 0 aliphatic carbocycles. The van der Waals surface area contributed by atoms with E-state index in [9.17, 15) is 19.2 Å². The molecule has 2 aromatic carbocycles. The van der Waals surface area contributed by atoms with Crippen LogP contribution in [0.15, 0.2) is 68.8 Å². The first-order valence-corrected chi connectivity index (χ1v) is 12.2. The zero-order valence-corrected chi connectivity index (χ0v) is 21.5. The van der Waals surface area contributed by atoms with Gasteiger partial charge in [-0.05, 0) is 81.5 Å². The topological polar surface area (TPSA) is 76.4 Å². The maximum Gasteiger partial charge on any atom is 0.271 e. The molecule has 0 radical (unpaired) electrons. The van der Waals surface area contributed by atoms with Crippen LogP contribution in [0.5, 0.6) is 0 Å². The van der Waals surface area contributed by atoms with E-state index in [1.807, 2.05) is 11.9 Å². The van der Waals surface area contributed by atoms with E-state index < -0.39 is 17.3 Å². The molecule has 0 spiro atoms. The summed E-state index contributed by atoms with van der Waals surface area (Å²) in [7, 11) is 0. The molecule has 2 aromatic rings. The Hall–Kier alpha value is -2.80. The predicted molar refractivity (Wildman–Crippen MR) is 134 cm³/mol. The second-order valence-corrected chi connectivity index (χ2v) is 10.0. The van der Waals surface area contributed by atoms with Crippen molar-refractivity contribution in [1.82, 2.24) is 10.0 Å². The predicted octanol–water partition coefficient (Wildman–Crippen LogP) is 5.46. The fraction of sp³-hybridized carbons (Fsp3) is 0.240. The Labute approximate surface area is 213 Å². The van der Waals surface area contributed by atoms with Crippen LogP contribution >= 0.6 is 31.9 Å². The fourth-order valence-corrected chi connectivity index (χ4v) is 5.35. The molecule has 1 fully saturated rings. The highest BCUT2D eigenvalue weighted by molar-refractivity contribution is 9.10. The van der Waals surface area contributed by atoms with E-state index >= 15 is 0 Å². The minimum atomic E-state index is -0.701. The molecule has 1 unspecified atom stereocenters. The molecule has 4 rings (SSSR count). The summed E-state index contributed by atoms with van der Waals surface area (Å²) in [4.78, 5) is 26.1. The third kappa shape index (κ3) is 4.11. The number of anilines is 1. The Balaban J connectivity index is 1.75. The summed E-state index contributed by atoms with van der Waals surface area (Å²) in [5.74, 6) is -0.808. The van der Waals surface area contributed by atoms with Gasteiger partial charge in [-0.15, -0.1) is 0 Å². The summed E-state index contributed by atoms with van der Waals surface area (Å²) in [6, 6.07) is 11.9. The van der Waals surface area contributed by atoms with Crippen LogP contribution in [-0.4, -0.2) is 34.3 Å². The number of nitrogens with zero attached hydrogens (tertiary/aromatic N) is 3. The first kappa shape index (κ1) is 24.3. The second kappa shape index (κ2) is 9.45. The minimum absolute atomic E-state index is 0.131. The van der Waals surface area contributed by atoms with Gasteiger partial charge in [-0.3, -0.25) is 14.6 Å². The largest absolute Gasteiger partial charge is 0.355 e. The highest BCUT2D eigenvalue weighted by atomic mass is 79.9. The molecule has 0 aromatic heterocycles. The zero-order chi connectivity index (χ0) is 24.6. The molecule has 34 heavy (non-hydrogen) atoms. The van der Waals surface area contributed by atoms with Crippen LogP contribution in [0.4, 0.5) is 10.1 Å². The van der Waals surface area contributed by atoms with Crippen LogP contribution in [0.2, 0.25) is 0 Å². The maximum atomic E-state index is 14.2. The molecule has 2 aliphatic heterocycles. The van der Waals surface area contributed by atoms with Crippen molar-refractivity contribution < 1.29 is 14.0 Å². The Morgan fingerprint density at radius 2 is 2.12 bits per heavy atom. The number of halogens is 3. The van der Waals surface area contributed by atoms with Crippen LogP contribution in [0.1, 0.15) is 30.9 Å². The van der Waals surface area contributed by atoms with Gasteiger partial charge in [0.15, 0.2) is 0 Å². The highest BCUT2D eigenvalue weighted by Crippen LogP contribution is 2.43. The second-order valence-electron chi connectivity index (χ2n) is 8.39. The van der Waals surface area contributed by atoms with Gasteiger partial charge < -0.3 is 5.32 Å². The van der Waals surface area contributed by atoms with Crippen LogP contribution in [0.3, 0.4) is 0 Å². The number of fused-ring (bicyclic) bond motifs is 1. The number of hydrogen-bond acceptors (Lipinski definition) is 5. The lowest BCUT2D eigenvalue weighted by Crippen LogP contribution is -2.60. The van der Waals surface area contributed by atoms with Crippen molar-refractivity contribution in [3.63, 3.8) is 0 Å². The summed E-state index contributed by atoms with van der Waals surface area (Å²) >= 11 is 6.61. The standard InChI is InChI=1S/C25H21Br2FN4O2/c1-15(30-18-7-8-20(26)17(11-18)12-29)22-19(14-33)25(2)9-4-10-32(25)31(24(22)34)13-16-5-3-6-21(28)23(16)27/h3,5-8,11,14,30H,1,4,9-10,13H2,2H3. The van der Waals surface area contributed by atoms with E-state index in [0.29, 0.717) is 44.3 Å².